The molecule has 1 unspecified atom stereocenters. The molecular weight excluding hydrogens is 314 g/mol. The van der Waals surface area contributed by atoms with Gasteiger partial charge in [0.05, 0.1) is 25.9 Å². The number of rotatable bonds is 5. The van der Waals surface area contributed by atoms with Crippen LogP contribution in [0, 0.1) is 0 Å². The molecule has 1 aliphatic rings. The summed E-state index contributed by atoms with van der Waals surface area (Å²) in [6, 6.07) is 13.2. The van der Waals surface area contributed by atoms with Crippen LogP contribution in [-0.2, 0) is 6.54 Å². The van der Waals surface area contributed by atoms with Crippen LogP contribution in [0.5, 0.6) is 11.5 Å². The van der Waals surface area contributed by atoms with E-state index in [1.165, 1.54) is 0 Å². The highest BCUT2D eigenvalue weighted by Gasteiger charge is 2.16. The van der Waals surface area contributed by atoms with Gasteiger partial charge >= 0.3 is 0 Å². The van der Waals surface area contributed by atoms with E-state index in [4.69, 9.17) is 21.1 Å². The third-order valence-electron chi connectivity index (χ3n) is 3.85. The maximum Gasteiger partial charge on any atom is 0.165 e. The van der Waals surface area contributed by atoms with Crippen LogP contribution < -0.4 is 14.8 Å². The Morgan fingerprint density at radius 1 is 1.09 bits per heavy atom. The minimum Gasteiger partial charge on any atom is -0.490 e. The van der Waals surface area contributed by atoms with Crippen LogP contribution in [0.2, 0.25) is 5.02 Å². The summed E-state index contributed by atoms with van der Waals surface area (Å²) in [6.07, 6.45) is 0.881. The minimum atomic E-state index is -0.158. The summed E-state index contributed by atoms with van der Waals surface area (Å²) in [5.41, 5.74) is 2.02. The summed E-state index contributed by atoms with van der Waals surface area (Å²) in [7, 11) is 0. The van der Waals surface area contributed by atoms with Crippen molar-refractivity contribution in [1.29, 1.82) is 0 Å². The molecule has 23 heavy (non-hydrogen) atoms. The standard InChI is InChI=1S/C18H20ClNO3/c19-15-7-5-13(6-8-15)16(12-21)20-11-14-3-1-4-17-18(14)23-10-2-9-22-17/h1,3-8,16,20-21H,2,9-12H2. The highest BCUT2D eigenvalue weighted by atomic mass is 35.5. The van der Waals surface area contributed by atoms with Crippen molar-refractivity contribution >= 4 is 11.6 Å². The van der Waals surface area contributed by atoms with E-state index in [0.717, 1.165) is 29.0 Å². The lowest BCUT2D eigenvalue weighted by Crippen LogP contribution is -2.24. The van der Waals surface area contributed by atoms with Crippen LogP contribution in [0.25, 0.3) is 0 Å². The fourth-order valence-electron chi connectivity index (χ4n) is 2.61. The van der Waals surface area contributed by atoms with E-state index >= 15 is 0 Å². The average Bonchev–Trinajstić information content (AvgIpc) is 2.83. The van der Waals surface area contributed by atoms with E-state index in [1.54, 1.807) is 0 Å². The Morgan fingerprint density at radius 3 is 2.65 bits per heavy atom. The van der Waals surface area contributed by atoms with Crippen molar-refractivity contribution in [3.63, 3.8) is 0 Å². The molecule has 2 aromatic rings. The number of aliphatic hydroxyl groups excluding tert-OH is 1. The Morgan fingerprint density at radius 2 is 1.87 bits per heavy atom. The molecule has 0 bridgehead atoms. The highest BCUT2D eigenvalue weighted by molar-refractivity contribution is 6.30. The molecule has 1 atom stereocenters. The number of benzene rings is 2. The minimum absolute atomic E-state index is 0.00795. The molecule has 4 nitrogen and oxygen atoms in total. The number of ether oxygens (including phenoxy) is 2. The van der Waals surface area contributed by atoms with E-state index in [0.29, 0.717) is 24.8 Å². The predicted octanol–water partition coefficient (Wildman–Crippen LogP) is 3.32. The summed E-state index contributed by atoms with van der Waals surface area (Å²) in [6.45, 7) is 1.92. The Bertz CT molecular complexity index is 645. The lowest BCUT2D eigenvalue weighted by molar-refractivity contribution is 0.242. The number of aliphatic hydroxyl groups is 1. The molecule has 3 rings (SSSR count). The maximum atomic E-state index is 9.66. The van der Waals surface area contributed by atoms with Crippen molar-refractivity contribution in [2.75, 3.05) is 19.8 Å². The number of fused-ring (bicyclic) bond motifs is 1. The fraction of sp³-hybridized carbons (Fsp3) is 0.333. The van der Waals surface area contributed by atoms with E-state index in [1.807, 2.05) is 42.5 Å². The van der Waals surface area contributed by atoms with Gasteiger partial charge in [-0.2, -0.15) is 0 Å². The van der Waals surface area contributed by atoms with Gasteiger partial charge in [-0.05, 0) is 23.8 Å². The molecule has 0 radical (unpaired) electrons. The fourth-order valence-corrected chi connectivity index (χ4v) is 2.74. The second-order valence-corrected chi connectivity index (χ2v) is 5.90. The van der Waals surface area contributed by atoms with Crippen molar-refractivity contribution in [3.8, 4) is 11.5 Å². The average molecular weight is 334 g/mol. The smallest absolute Gasteiger partial charge is 0.165 e. The molecule has 0 fully saturated rings. The number of para-hydroxylation sites is 1. The third kappa shape index (κ3) is 3.96. The molecule has 0 spiro atoms. The Kier molecular flexibility index (Phi) is 5.39. The van der Waals surface area contributed by atoms with Crippen molar-refractivity contribution in [1.82, 2.24) is 5.32 Å². The maximum absolute atomic E-state index is 9.66. The van der Waals surface area contributed by atoms with Crippen LogP contribution in [0.15, 0.2) is 42.5 Å². The first kappa shape index (κ1) is 16.1. The lowest BCUT2D eigenvalue weighted by atomic mass is 10.1. The van der Waals surface area contributed by atoms with E-state index in [9.17, 15) is 5.11 Å². The quantitative estimate of drug-likeness (QED) is 0.881. The first-order valence-corrected chi connectivity index (χ1v) is 8.13. The van der Waals surface area contributed by atoms with Gasteiger partial charge in [0.15, 0.2) is 11.5 Å². The first-order valence-electron chi connectivity index (χ1n) is 7.75. The lowest BCUT2D eigenvalue weighted by Gasteiger charge is -2.19. The molecule has 0 aliphatic carbocycles. The first-order chi connectivity index (χ1) is 11.3. The largest absolute Gasteiger partial charge is 0.490 e. The monoisotopic (exact) mass is 333 g/mol. The van der Waals surface area contributed by atoms with Gasteiger partial charge in [-0.15, -0.1) is 0 Å². The van der Waals surface area contributed by atoms with Gasteiger partial charge in [0, 0.05) is 23.6 Å². The van der Waals surface area contributed by atoms with Crippen LogP contribution in [0.1, 0.15) is 23.6 Å². The molecule has 0 saturated carbocycles. The Balaban J connectivity index is 1.73. The number of nitrogens with one attached hydrogen (secondary N) is 1. The summed E-state index contributed by atoms with van der Waals surface area (Å²) >= 11 is 5.91. The number of hydrogen-bond acceptors (Lipinski definition) is 4. The summed E-state index contributed by atoms with van der Waals surface area (Å²) < 4.78 is 11.5. The Labute approximate surface area is 141 Å². The molecule has 1 heterocycles. The van der Waals surface area contributed by atoms with Crippen LogP contribution in [0.3, 0.4) is 0 Å². The molecule has 2 N–H and O–H groups in total. The summed E-state index contributed by atoms with van der Waals surface area (Å²) in [5, 5.41) is 13.7. The van der Waals surface area contributed by atoms with Crippen molar-refractivity contribution in [2.45, 2.75) is 19.0 Å². The zero-order valence-corrected chi connectivity index (χ0v) is 13.6. The van der Waals surface area contributed by atoms with Gasteiger partial charge in [0.2, 0.25) is 0 Å². The van der Waals surface area contributed by atoms with E-state index in [2.05, 4.69) is 5.32 Å². The number of halogens is 1. The molecule has 122 valence electrons. The Hall–Kier alpha value is -1.75. The normalized spacial score (nSPS) is 15.0. The van der Waals surface area contributed by atoms with Crippen LogP contribution in [0.4, 0.5) is 0 Å². The van der Waals surface area contributed by atoms with Crippen molar-refractivity contribution in [3.05, 3.63) is 58.6 Å². The number of hydrogen-bond donors (Lipinski definition) is 2. The molecule has 0 saturated heterocycles. The van der Waals surface area contributed by atoms with Gasteiger partial charge in [-0.25, -0.2) is 0 Å². The van der Waals surface area contributed by atoms with E-state index < -0.39 is 0 Å². The van der Waals surface area contributed by atoms with Gasteiger partial charge in [-0.3, -0.25) is 0 Å². The summed E-state index contributed by atoms with van der Waals surface area (Å²) in [5.74, 6) is 1.58. The SMILES string of the molecule is OCC(NCc1cccc2c1OCCCO2)c1ccc(Cl)cc1. The molecule has 0 aromatic heterocycles. The molecule has 1 aliphatic heterocycles. The van der Waals surface area contributed by atoms with E-state index in [-0.39, 0.29) is 12.6 Å². The second-order valence-electron chi connectivity index (χ2n) is 5.46. The summed E-state index contributed by atoms with van der Waals surface area (Å²) in [4.78, 5) is 0. The molecule has 0 amide bonds. The van der Waals surface area contributed by atoms with Gasteiger partial charge in [0.25, 0.3) is 0 Å². The second kappa shape index (κ2) is 7.68. The molecule has 2 aromatic carbocycles. The van der Waals surface area contributed by atoms with Crippen LogP contribution in [-0.4, -0.2) is 24.9 Å². The highest BCUT2D eigenvalue weighted by Crippen LogP contribution is 2.33. The third-order valence-corrected chi connectivity index (χ3v) is 4.10. The van der Waals surface area contributed by atoms with Gasteiger partial charge in [0.1, 0.15) is 0 Å². The topological polar surface area (TPSA) is 50.7 Å². The molecular formula is C18H20ClNO3. The van der Waals surface area contributed by atoms with Crippen molar-refractivity contribution < 1.29 is 14.6 Å². The van der Waals surface area contributed by atoms with Crippen LogP contribution >= 0.6 is 11.6 Å². The van der Waals surface area contributed by atoms with Crippen molar-refractivity contribution in [2.24, 2.45) is 0 Å². The van der Waals surface area contributed by atoms with Gasteiger partial charge in [-0.1, -0.05) is 35.9 Å². The molecule has 5 heteroatoms. The predicted molar refractivity (Wildman–Crippen MR) is 90.2 cm³/mol. The zero-order valence-electron chi connectivity index (χ0n) is 12.8. The van der Waals surface area contributed by atoms with Gasteiger partial charge < -0.3 is 19.9 Å². The zero-order chi connectivity index (χ0) is 16.1.